The SMILES string of the molecule is O=C(O)CC[C@H]1CCCCN1C(=O)CCn1nc2ccccn2c1=O. The Kier molecular flexibility index (Phi) is 5.16. The third kappa shape index (κ3) is 3.89. The standard InChI is InChI=1S/C17H22N4O4/c22-15(19-10-3-1-5-13(19)7-8-16(23)24)9-12-21-17(25)20-11-4-2-6-14(20)18-21/h2,4,6,11,13H,1,3,5,7-10,12H2,(H,23,24)/t13-/m1/s1. The number of aliphatic carboxylic acids is 1. The van der Waals surface area contributed by atoms with Crippen molar-refractivity contribution in [1.29, 1.82) is 0 Å². The van der Waals surface area contributed by atoms with Gasteiger partial charge < -0.3 is 10.0 Å². The maximum absolute atomic E-state index is 12.6. The Bertz CT molecular complexity index is 825. The van der Waals surface area contributed by atoms with Crippen LogP contribution < -0.4 is 5.69 Å². The van der Waals surface area contributed by atoms with Crippen molar-refractivity contribution in [3.05, 3.63) is 34.9 Å². The number of carbonyl (C=O) groups excluding carboxylic acids is 1. The van der Waals surface area contributed by atoms with E-state index in [0.29, 0.717) is 18.6 Å². The van der Waals surface area contributed by atoms with E-state index in [1.165, 1.54) is 9.08 Å². The monoisotopic (exact) mass is 346 g/mol. The Balaban J connectivity index is 1.64. The molecule has 0 radical (unpaired) electrons. The molecule has 8 nitrogen and oxygen atoms in total. The number of carbonyl (C=O) groups is 2. The topological polar surface area (TPSA) is 96.9 Å². The number of amides is 1. The number of aryl methyl sites for hydroxylation is 1. The maximum Gasteiger partial charge on any atom is 0.350 e. The average molecular weight is 346 g/mol. The lowest BCUT2D eigenvalue weighted by atomic mass is 9.97. The molecule has 1 fully saturated rings. The van der Waals surface area contributed by atoms with Crippen molar-refractivity contribution >= 4 is 17.5 Å². The molecule has 0 unspecified atom stereocenters. The summed E-state index contributed by atoms with van der Waals surface area (Å²) >= 11 is 0. The number of carboxylic acid groups (broad SMARTS) is 1. The number of pyridine rings is 1. The highest BCUT2D eigenvalue weighted by atomic mass is 16.4. The van der Waals surface area contributed by atoms with Gasteiger partial charge in [0.05, 0.1) is 6.54 Å². The summed E-state index contributed by atoms with van der Waals surface area (Å²) in [7, 11) is 0. The smallest absolute Gasteiger partial charge is 0.350 e. The van der Waals surface area contributed by atoms with Crippen LogP contribution in [0.3, 0.4) is 0 Å². The first-order chi connectivity index (χ1) is 12.1. The van der Waals surface area contributed by atoms with Crippen LogP contribution in [0.2, 0.25) is 0 Å². The normalized spacial score (nSPS) is 17.8. The lowest BCUT2D eigenvalue weighted by molar-refractivity contribution is -0.140. The Labute approximate surface area is 144 Å². The minimum absolute atomic E-state index is 0.0184. The Morgan fingerprint density at radius 3 is 2.84 bits per heavy atom. The highest BCUT2D eigenvalue weighted by molar-refractivity contribution is 5.76. The average Bonchev–Trinajstić information content (AvgIpc) is 2.94. The molecule has 1 aliphatic heterocycles. The van der Waals surface area contributed by atoms with E-state index in [9.17, 15) is 14.4 Å². The molecule has 3 heterocycles. The summed E-state index contributed by atoms with van der Waals surface area (Å²) in [6, 6.07) is 5.28. The van der Waals surface area contributed by atoms with Gasteiger partial charge in [-0.15, -0.1) is 5.10 Å². The van der Waals surface area contributed by atoms with Crippen LogP contribution in [-0.2, 0) is 16.1 Å². The minimum atomic E-state index is -0.839. The van der Waals surface area contributed by atoms with Crippen molar-refractivity contribution in [2.24, 2.45) is 0 Å². The van der Waals surface area contributed by atoms with Crippen molar-refractivity contribution in [1.82, 2.24) is 19.1 Å². The molecule has 1 saturated heterocycles. The van der Waals surface area contributed by atoms with Crippen molar-refractivity contribution in [2.75, 3.05) is 6.54 Å². The highest BCUT2D eigenvalue weighted by Gasteiger charge is 2.26. The van der Waals surface area contributed by atoms with E-state index in [0.717, 1.165) is 19.3 Å². The molecule has 0 bridgehead atoms. The van der Waals surface area contributed by atoms with Gasteiger partial charge in [0.15, 0.2) is 5.65 Å². The molecule has 134 valence electrons. The van der Waals surface area contributed by atoms with Gasteiger partial charge in [0.2, 0.25) is 5.91 Å². The first kappa shape index (κ1) is 17.2. The quantitative estimate of drug-likeness (QED) is 0.846. The van der Waals surface area contributed by atoms with Gasteiger partial charge in [-0.25, -0.2) is 9.48 Å². The number of carboxylic acids is 1. The molecule has 1 atom stereocenters. The third-order valence-corrected chi connectivity index (χ3v) is 4.66. The molecular weight excluding hydrogens is 324 g/mol. The van der Waals surface area contributed by atoms with Crippen molar-refractivity contribution in [2.45, 2.75) is 51.1 Å². The number of nitrogens with zero attached hydrogens (tertiary/aromatic N) is 4. The van der Waals surface area contributed by atoms with Crippen LogP contribution in [-0.4, -0.2) is 48.7 Å². The summed E-state index contributed by atoms with van der Waals surface area (Å²) in [5, 5.41) is 13.1. The van der Waals surface area contributed by atoms with E-state index in [4.69, 9.17) is 5.11 Å². The van der Waals surface area contributed by atoms with Gasteiger partial charge in [-0.3, -0.25) is 14.0 Å². The van der Waals surface area contributed by atoms with Crippen LogP contribution in [0.4, 0.5) is 0 Å². The summed E-state index contributed by atoms with van der Waals surface area (Å²) in [6.45, 7) is 0.880. The second-order valence-corrected chi connectivity index (χ2v) is 6.35. The number of hydrogen-bond donors (Lipinski definition) is 1. The fourth-order valence-corrected chi connectivity index (χ4v) is 3.38. The van der Waals surface area contributed by atoms with E-state index in [-0.39, 0.29) is 37.0 Å². The van der Waals surface area contributed by atoms with Gasteiger partial charge in [0, 0.05) is 31.6 Å². The lowest BCUT2D eigenvalue weighted by Crippen LogP contribution is -2.44. The fraction of sp³-hybridized carbons (Fsp3) is 0.529. The molecule has 1 amide bonds. The Morgan fingerprint density at radius 1 is 1.24 bits per heavy atom. The van der Waals surface area contributed by atoms with Gasteiger partial charge in [-0.1, -0.05) is 6.07 Å². The van der Waals surface area contributed by atoms with Crippen LogP contribution in [0, 0.1) is 0 Å². The van der Waals surface area contributed by atoms with Gasteiger partial charge in [-0.2, -0.15) is 0 Å². The van der Waals surface area contributed by atoms with Crippen molar-refractivity contribution in [3.8, 4) is 0 Å². The Hall–Kier alpha value is -2.64. The van der Waals surface area contributed by atoms with E-state index in [1.807, 2.05) is 0 Å². The second-order valence-electron chi connectivity index (χ2n) is 6.35. The predicted molar refractivity (Wildman–Crippen MR) is 90.3 cm³/mol. The number of piperidine rings is 1. The van der Waals surface area contributed by atoms with Crippen LogP contribution in [0.5, 0.6) is 0 Å². The molecule has 1 N–H and O–H groups in total. The first-order valence-electron chi connectivity index (χ1n) is 8.62. The molecular formula is C17H22N4O4. The van der Waals surface area contributed by atoms with Crippen molar-refractivity contribution in [3.63, 3.8) is 0 Å². The molecule has 2 aromatic rings. The number of rotatable bonds is 6. The van der Waals surface area contributed by atoms with Crippen LogP contribution in [0.15, 0.2) is 29.2 Å². The largest absolute Gasteiger partial charge is 0.481 e. The molecule has 1 aliphatic rings. The van der Waals surface area contributed by atoms with E-state index in [1.54, 1.807) is 29.3 Å². The van der Waals surface area contributed by atoms with Crippen LogP contribution in [0.25, 0.3) is 5.65 Å². The fourth-order valence-electron chi connectivity index (χ4n) is 3.38. The molecule has 2 aromatic heterocycles. The number of likely N-dealkylation sites (tertiary alicyclic amines) is 1. The Morgan fingerprint density at radius 2 is 2.08 bits per heavy atom. The molecule has 0 saturated carbocycles. The van der Waals surface area contributed by atoms with Crippen LogP contribution in [0.1, 0.15) is 38.5 Å². The number of fused-ring (bicyclic) bond motifs is 1. The van der Waals surface area contributed by atoms with E-state index >= 15 is 0 Å². The third-order valence-electron chi connectivity index (χ3n) is 4.66. The highest BCUT2D eigenvalue weighted by Crippen LogP contribution is 2.21. The molecule has 0 aromatic carbocycles. The number of aromatic nitrogens is 3. The van der Waals surface area contributed by atoms with Gasteiger partial charge >= 0.3 is 11.7 Å². The van der Waals surface area contributed by atoms with E-state index < -0.39 is 5.97 Å². The zero-order valence-corrected chi connectivity index (χ0v) is 14.0. The molecule has 0 spiro atoms. The molecule has 25 heavy (non-hydrogen) atoms. The zero-order valence-electron chi connectivity index (χ0n) is 14.0. The van der Waals surface area contributed by atoms with Gasteiger partial charge in [0.25, 0.3) is 0 Å². The van der Waals surface area contributed by atoms with E-state index in [2.05, 4.69) is 5.10 Å². The molecule has 0 aliphatic carbocycles. The van der Waals surface area contributed by atoms with Crippen LogP contribution >= 0.6 is 0 Å². The summed E-state index contributed by atoms with van der Waals surface area (Å²) < 4.78 is 2.75. The second kappa shape index (κ2) is 7.50. The first-order valence-corrected chi connectivity index (χ1v) is 8.62. The van der Waals surface area contributed by atoms with Crippen molar-refractivity contribution < 1.29 is 14.7 Å². The van der Waals surface area contributed by atoms with Gasteiger partial charge in [-0.05, 0) is 37.8 Å². The molecule has 3 rings (SSSR count). The maximum atomic E-state index is 12.6. The minimum Gasteiger partial charge on any atom is -0.481 e. The summed E-state index contributed by atoms with van der Waals surface area (Å²) in [6.07, 6.45) is 5.18. The summed E-state index contributed by atoms with van der Waals surface area (Å²) in [5.41, 5.74) is 0.293. The zero-order chi connectivity index (χ0) is 17.8. The lowest BCUT2D eigenvalue weighted by Gasteiger charge is -2.35. The summed E-state index contributed by atoms with van der Waals surface area (Å²) in [5.74, 6) is -0.881. The molecule has 8 heteroatoms. The predicted octanol–water partition coefficient (Wildman–Crippen LogP) is 1.13. The van der Waals surface area contributed by atoms with Gasteiger partial charge in [0.1, 0.15) is 0 Å². The number of hydrogen-bond acceptors (Lipinski definition) is 4. The summed E-state index contributed by atoms with van der Waals surface area (Å²) in [4.78, 5) is 37.4.